The van der Waals surface area contributed by atoms with Crippen LogP contribution in [0.15, 0.2) is 149 Å². The molecule has 1 aromatic heterocycles. The van der Waals surface area contributed by atoms with Crippen molar-refractivity contribution in [2.24, 2.45) is 0 Å². The van der Waals surface area contributed by atoms with E-state index >= 15 is 0 Å². The van der Waals surface area contributed by atoms with Gasteiger partial charge in [-0.3, -0.25) is 5.32 Å². The molecule has 0 aliphatic carbocycles. The second-order valence-corrected chi connectivity index (χ2v) is 11.7. The largest absolute Gasteiger partial charge is 0.453 e. The molecule has 0 fully saturated rings. The van der Waals surface area contributed by atoms with Crippen molar-refractivity contribution >= 4 is 47.2 Å². The topological polar surface area (TPSA) is 79.0 Å². The van der Waals surface area contributed by atoms with E-state index in [1.165, 1.54) is 28.7 Å². The van der Waals surface area contributed by atoms with Gasteiger partial charge in [-0.25, -0.2) is 9.78 Å². The summed E-state index contributed by atoms with van der Waals surface area (Å²) in [5.74, 6) is 0.807. The highest BCUT2D eigenvalue weighted by Gasteiger charge is 2.14. The molecule has 1 unspecified atom stereocenters. The molecule has 0 spiro atoms. The number of aromatic amines is 1. The molecular weight excluding hydrogens is 612 g/mol. The summed E-state index contributed by atoms with van der Waals surface area (Å²) in [6.45, 7) is 3.22. The van der Waals surface area contributed by atoms with Crippen molar-refractivity contribution < 1.29 is 9.53 Å². The number of anilines is 1. The molecule has 8 heteroatoms. The Balaban J connectivity index is 0.000000206. The number of imidazole rings is 1. The molecule has 0 aliphatic heterocycles. The number of carbonyl (C=O) groups excluding carboxylic acids is 1. The predicted molar refractivity (Wildman–Crippen MR) is 192 cm³/mol. The fraction of sp³-hybridized carbons (Fsp3) is 0.158. The highest BCUT2D eigenvalue weighted by atomic mass is 35.5. The molecule has 1 amide bonds. The summed E-state index contributed by atoms with van der Waals surface area (Å²) >= 11 is 1.67. The molecule has 1 heterocycles. The summed E-state index contributed by atoms with van der Waals surface area (Å²) in [6.07, 6.45) is 0.540. The maximum absolute atomic E-state index is 11.2. The van der Waals surface area contributed by atoms with E-state index in [0.717, 1.165) is 28.9 Å². The van der Waals surface area contributed by atoms with Gasteiger partial charge < -0.3 is 15.0 Å². The van der Waals surface area contributed by atoms with E-state index in [2.05, 4.69) is 135 Å². The normalized spacial score (nSPS) is 11.2. The lowest BCUT2D eigenvalue weighted by atomic mass is 9.88. The number of nitrogens with one attached hydrogen (secondary N) is 3. The fourth-order valence-corrected chi connectivity index (χ4v) is 5.96. The van der Waals surface area contributed by atoms with Crippen molar-refractivity contribution in [1.82, 2.24) is 15.3 Å². The number of aromatic nitrogens is 2. The Morgan fingerprint density at radius 1 is 0.761 bits per heavy atom. The van der Waals surface area contributed by atoms with Gasteiger partial charge in [-0.15, -0.1) is 12.4 Å². The van der Waals surface area contributed by atoms with Crippen molar-refractivity contribution in [3.63, 3.8) is 0 Å². The van der Waals surface area contributed by atoms with Crippen LogP contribution >= 0.6 is 24.2 Å². The number of amides is 1. The van der Waals surface area contributed by atoms with Gasteiger partial charge in [0.25, 0.3) is 0 Å². The molecule has 3 N–H and O–H groups in total. The molecule has 0 radical (unpaired) electrons. The summed E-state index contributed by atoms with van der Waals surface area (Å²) in [5.41, 5.74) is 5.77. The SMILES string of the molecule is CC(NCCC(c1ccccc1)c1ccccc1)c1ccccc1.COC(=O)Nc1nc2ccc(Sc3ccccc3)cc2[nH]1.Cl. The zero-order valence-electron chi connectivity index (χ0n) is 25.9. The Kier molecular flexibility index (Phi) is 13.3. The number of rotatable bonds is 10. The molecule has 0 aliphatic rings. The third kappa shape index (κ3) is 9.97. The van der Waals surface area contributed by atoms with Crippen LogP contribution in [-0.2, 0) is 4.74 Å². The van der Waals surface area contributed by atoms with Gasteiger partial charge in [-0.05, 0) is 66.9 Å². The van der Waals surface area contributed by atoms with Gasteiger partial charge in [0, 0.05) is 21.8 Å². The Morgan fingerprint density at radius 2 is 1.30 bits per heavy atom. The molecule has 6 aromatic rings. The van der Waals surface area contributed by atoms with Crippen LogP contribution in [0.2, 0.25) is 0 Å². The molecule has 1 atom stereocenters. The number of methoxy groups -OCH3 is 1. The lowest BCUT2D eigenvalue weighted by molar-refractivity contribution is 0.186. The monoisotopic (exact) mass is 650 g/mol. The molecule has 5 aromatic carbocycles. The van der Waals surface area contributed by atoms with Crippen molar-refractivity contribution in [3.8, 4) is 0 Å². The molecule has 236 valence electrons. The van der Waals surface area contributed by atoms with Crippen LogP contribution in [0.1, 0.15) is 42.0 Å². The van der Waals surface area contributed by atoms with Gasteiger partial charge in [0.2, 0.25) is 5.95 Å². The summed E-state index contributed by atoms with van der Waals surface area (Å²) in [4.78, 5) is 20.8. The van der Waals surface area contributed by atoms with E-state index in [1.807, 2.05) is 36.4 Å². The summed E-state index contributed by atoms with van der Waals surface area (Å²) in [5, 5.41) is 6.18. The van der Waals surface area contributed by atoms with Gasteiger partial charge in [-0.2, -0.15) is 0 Å². The second kappa shape index (κ2) is 17.8. The number of halogens is 1. The number of H-pyrrole nitrogens is 1. The van der Waals surface area contributed by atoms with Crippen molar-refractivity contribution in [2.45, 2.75) is 35.1 Å². The van der Waals surface area contributed by atoms with Crippen molar-refractivity contribution in [3.05, 3.63) is 156 Å². The summed E-state index contributed by atoms with van der Waals surface area (Å²) < 4.78 is 4.54. The average molecular weight is 651 g/mol. The van der Waals surface area contributed by atoms with Crippen LogP contribution < -0.4 is 10.6 Å². The van der Waals surface area contributed by atoms with Gasteiger partial charge >= 0.3 is 6.09 Å². The van der Waals surface area contributed by atoms with Crippen LogP contribution in [0.4, 0.5) is 10.7 Å². The number of hydrogen-bond acceptors (Lipinski definition) is 5. The molecule has 0 bridgehead atoms. The Morgan fingerprint density at radius 3 is 1.87 bits per heavy atom. The van der Waals surface area contributed by atoms with Gasteiger partial charge in [0.1, 0.15) is 0 Å². The molecule has 6 rings (SSSR count). The number of ether oxygens (including phenoxy) is 1. The maximum atomic E-state index is 11.2. The summed E-state index contributed by atoms with van der Waals surface area (Å²) in [6, 6.07) is 48.7. The maximum Gasteiger partial charge on any atom is 0.413 e. The molecule has 0 saturated heterocycles. The zero-order chi connectivity index (χ0) is 31.3. The third-order valence-electron chi connectivity index (χ3n) is 7.43. The van der Waals surface area contributed by atoms with Crippen molar-refractivity contribution in [1.29, 1.82) is 0 Å². The van der Waals surface area contributed by atoms with Crippen LogP contribution in [-0.4, -0.2) is 29.7 Å². The zero-order valence-corrected chi connectivity index (χ0v) is 27.6. The van der Waals surface area contributed by atoms with Gasteiger partial charge in [-0.1, -0.05) is 121 Å². The first-order valence-electron chi connectivity index (χ1n) is 15.0. The summed E-state index contributed by atoms with van der Waals surface area (Å²) in [7, 11) is 1.31. The minimum absolute atomic E-state index is 0. The Bertz CT molecular complexity index is 1710. The second-order valence-electron chi connectivity index (χ2n) is 10.5. The third-order valence-corrected chi connectivity index (χ3v) is 8.42. The first-order chi connectivity index (χ1) is 22.1. The van der Waals surface area contributed by atoms with E-state index in [4.69, 9.17) is 0 Å². The molecule has 46 heavy (non-hydrogen) atoms. The molecular formula is C38H39ClN4O2S. The van der Waals surface area contributed by atoms with Crippen LogP contribution in [0, 0.1) is 0 Å². The van der Waals surface area contributed by atoms with Crippen LogP contribution in [0.5, 0.6) is 0 Å². The quantitative estimate of drug-likeness (QED) is 0.138. The van der Waals surface area contributed by atoms with Gasteiger partial charge in [0.05, 0.1) is 18.1 Å². The Hall–Kier alpha value is -4.56. The number of benzene rings is 5. The standard InChI is InChI=1S/C23H25N.C15H13N3O2S.ClH/c1-19(20-11-5-2-6-12-20)24-18-17-23(21-13-7-3-8-14-21)22-15-9-4-10-16-22;1-20-15(19)18-14-16-12-8-7-11(9-13(12)17-14)21-10-5-3-2-4-6-10;/h2-16,19,23-24H,17-18H2,1H3;2-9H,1H3,(H2,16,17,18,19);1H. The minimum atomic E-state index is -0.548. The van der Waals surface area contributed by atoms with E-state index in [1.54, 1.807) is 11.8 Å². The fourth-order valence-electron chi connectivity index (χ4n) is 5.08. The lowest BCUT2D eigenvalue weighted by Gasteiger charge is -2.20. The van der Waals surface area contributed by atoms with Crippen molar-refractivity contribution in [2.75, 3.05) is 19.0 Å². The van der Waals surface area contributed by atoms with E-state index in [-0.39, 0.29) is 12.4 Å². The first kappa shape index (κ1) is 34.3. The van der Waals surface area contributed by atoms with E-state index in [0.29, 0.717) is 17.9 Å². The van der Waals surface area contributed by atoms with E-state index < -0.39 is 6.09 Å². The van der Waals surface area contributed by atoms with Crippen LogP contribution in [0.3, 0.4) is 0 Å². The number of nitrogens with zero attached hydrogens (tertiary/aromatic N) is 1. The number of carbonyl (C=O) groups is 1. The highest BCUT2D eigenvalue weighted by Crippen LogP contribution is 2.30. The van der Waals surface area contributed by atoms with Gasteiger partial charge in [0.15, 0.2) is 0 Å². The van der Waals surface area contributed by atoms with Crippen LogP contribution in [0.25, 0.3) is 11.0 Å². The average Bonchev–Trinajstić information content (AvgIpc) is 3.50. The molecule has 0 saturated carbocycles. The number of fused-ring (bicyclic) bond motifs is 1. The lowest BCUT2D eigenvalue weighted by Crippen LogP contribution is -2.21. The smallest absolute Gasteiger partial charge is 0.413 e. The highest BCUT2D eigenvalue weighted by molar-refractivity contribution is 7.99. The Labute approximate surface area is 281 Å². The van der Waals surface area contributed by atoms with E-state index in [9.17, 15) is 4.79 Å². The minimum Gasteiger partial charge on any atom is -0.453 e. The molecule has 6 nitrogen and oxygen atoms in total. The predicted octanol–water partition coefficient (Wildman–Crippen LogP) is 9.87. The number of hydrogen-bond donors (Lipinski definition) is 3. The first-order valence-corrected chi connectivity index (χ1v) is 15.9.